The first-order valence-electron chi connectivity index (χ1n) is 11.8. The zero-order valence-corrected chi connectivity index (χ0v) is 20.5. The summed E-state index contributed by atoms with van der Waals surface area (Å²) in [4.78, 5) is 38.8. The lowest BCUT2D eigenvalue weighted by molar-refractivity contribution is -0.115. The monoisotopic (exact) mass is 498 g/mol. The van der Waals surface area contributed by atoms with Gasteiger partial charge in [0, 0.05) is 18.3 Å². The second-order valence-corrected chi connectivity index (χ2v) is 8.67. The number of amides is 2. The molecule has 9 nitrogen and oxygen atoms in total. The maximum absolute atomic E-state index is 13.1. The molecule has 9 heteroatoms. The lowest BCUT2D eigenvalue weighted by atomic mass is 10.1. The Hall–Kier alpha value is -4.79. The van der Waals surface area contributed by atoms with Gasteiger partial charge in [-0.1, -0.05) is 30.3 Å². The number of benzene rings is 3. The topological polar surface area (TPSA) is 104 Å². The van der Waals surface area contributed by atoms with Crippen molar-refractivity contribution in [1.82, 2.24) is 9.36 Å². The minimum Gasteiger partial charge on any atom is -0.486 e. The SMILES string of the molecule is Cc1c(NC(=O)c2cccc(NC(=O)Cc3ccc4c(c3)OCCO4)c2)c(=O)n(-c2ccccc2)n1C. The molecule has 3 aromatic carbocycles. The summed E-state index contributed by atoms with van der Waals surface area (Å²) < 4.78 is 14.3. The zero-order chi connectivity index (χ0) is 25.9. The van der Waals surface area contributed by atoms with Crippen molar-refractivity contribution in [2.24, 2.45) is 7.05 Å². The molecule has 0 aliphatic carbocycles. The Morgan fingerprint density at radius 2 is 1.65 bits per heavy atom. The Kier molecular flexibility index (Phi) is 6.51. The van der Waals surface area contributed by atoms with E-state index in [1.54, 1.807) is 55.1 Å². The molecule has 0 saturated carbocycles. The Morgan fingerprint density at radius 1 is 0.892 bits per heavy atom. The molecule has 0 radical (unpaired) electrons. The van der Waals surface area contributed by atoms with Crippen molar-refractivity contribution in [2.75, 3.05) is 23.8 Å². The van der Waals surface area contributed by atoms with E-state index in [0.29, 0.717) is 47.3 Å². The number of rotatable bonds is 6. The molecular weight excluding hydrogens is 472 g/mol. The van der Waals surface area contributed by atoms with Crippen LogP contribution in [0, 0.1) is 6.92 Å². The number of hydrogen-bond donors (Lipinski definition) is 2. The van der Waals surface area contributed by atoms with E-state index in [1.807, 2.05) is 36.4 Å². The van der Waals surface area contributed by atoms with Gasteiger partial charge in [0.2, 0.25) is 5.91 Å². The number of carbonyl (C=O) groups is 2. The van der Waals surface area contributed by atoms with Gasteiger partial charge in [-0.3, -0.25) is 19.1 Å². The van der Waals surface area contributed by atoms with Crippen molar-refractivity contribution in [3.63, 3.8) is 0 Å². The molecule has 0 atom stereocenters. The van der Waals surface area contributed by atoms with Gasteiger partial charge in [0.05, 0.1) is 17.8 Å². The van der Waals surface area contributed by atoms with Gasteiger partial charge in [-0.25, -0.2) is 4.68 Å². The van der Waals surface area contributed by atoms with Crippen LogP contribution in [0.15, 0.2) is 77.6 Å². The van der Waals surface area contributed by atoms with Gasteiger partial charge in [-0.15, -0.1) is 0 Å². The molecule has 2 amide bonds. The minimum atomic E-state index is -0.450. The van der Waals surface area contributed by atoms with E-state index < -0.39 is 5.91 Å². The predicted molar refractivity (Wildman–Crippen MR) is 140 cm³/mol. The molecule has 0 spiro atoms. The molecule has 1 aliphatic heterocycles. The molecule has 0 saturated heterocycles. The van der Waals surface area contributed by atoms with E-state index in [1.165, 1.54) is 4.68 Å². The van der Waals surface area contributed by atoms with Gasteiger partial charge in [0.25, 0.3) is 11.5 Å². The lowest BCUT2D eigenvalue weighted by Gasteiger charge is -2.18. The number of ether oxygens (including phenoxy) is 2. The average Bonchev–Trinajstić information content (AvgIpc) is 3.12. The largest absolute Gasteiger partial charge is 0.486 e. The average molecular weight is 499 g/mol. The first kappa shape index (κ1) is 23.9. The molecule has 0 bridgehead atoms. The number of carbonyl (C=O) groups excluding carboxylic acids is 2. The van der Waals surface area contributed by atoms with Crippen molar-refractivity contribution < 1.29 is 19.1 Å². The standard InChI is InChI=1S/C28H26N4O5/c1-18-26(28(35)32(31(18)2)22-9-4-3-5-10-22)30-27(34)20-7-6-8-21(17-20)29-25(33)16-19-11-12-23-24(15-19)37-14-13-36-23/h3-12,15,17H,13-14,16H2,1-2H3,(H,29,33)(H,30,34). The molecule has 2 heterocycles. The summed E-state index contributed by atoms with van der Waals surface area (Å²) in [5.41, 5.74) is 2.75. The van der Waals surface area contributed by atoms with Crippen LogP contribution in [0.1, 0.15) is 21.6 Å². The summed E-state index contributed by atoms with van der Waals surface area (Å²) in [6.45, 7) is 2.74. The summed E-state index contributed by atoms with van der Waals surface area (Å²) in [7, 11) is 1.76. The highest BCUT2D eigenvalue weighted by atomic mass is 16.6. The van der Waals surface area contributed by atoms with Crippen molar-refractivity contribution in [3.8, 4) is 17.2 Å². The van der Waals surface area contributed by atoms with E-state index in [9.17, 15) is 14.4 Å². The van der Waals surface area contributed by atoms with Crippen LogP contribution in [0.3, 0.4) is 0 Å². The molecule has 2 N–H and O–H groups in total. The summed E-state index contributed by atoms with van der Waals surface area (Å²) in [6, 6.07) is 21.2. The van der Waals surface area contributed by atoms with E-state index >= 15 is 0 Å². The molecule has 0 unspecified atom stereocenters. The van der Waals surface area contributed by atoms with E-state index in [-0.39, 0.29) is 23.6 Å². The molecule has 5 rings (SSSR count). The first-order valence-corrected chi connectivity index (χ1v) is 11.8. The van der Waals surface area contributed by atoms with Gasteiger partial charge in [0.15, 0.2) is 11.5 Å². The van der Waals surface area contributed by atoms with Crippen molar-refractivity contribution in [1.29, 1.82) is 0 Å². The van der Waals surface area contributed by atoms with Gasteiger partial charge in [-0.05, 0) is 55.0 Å². The zero-order valence-electron chi connectivity index (χ0n) is 20.5. The molecular formula is C28H26N4O5. The predicted octanol–water partition coefficient (Wildman–Crippen LogP) is 3.69. The van der Waals surface area contributed by atoms with Crippen LogP contribution in [0.5, 0.6) is 11.5 Å². The smallest absolute Gasteiger partial charge is 0.295 e. The second kappa shape index (κ2) is 10.1. The molecule has 37 heavy (non-hydrogen) atoms. The van der Waals surface area contributed by atoms with E-state index in [2.05, 4.69) is 10.6 Å². The second-order valence-electron chi connectivity index (χ2n) is 8.67. The minimum absolute atomic E-state index is 0.134. The molecule has 4 aromatic rings. The van der Waals surface area contributed by atoms with Gasteiger partial charge in [-0.2, -0.15) is 0 Å². The highest BCUT2D eigenvalue weighted by molar-refractivity contribution is 6.05. The van der Waals surface area contributed by atoms with Crippen molar-refractivity contribution >= 4 is 23.2 Å². The fraction of sp³-hybridized carbons (Fsp3) is 0.179. The normalized spacial score (nSPS) is 12.2. The Balaban J connectivity index is 1.29. The molecule has 188 valence electrons. The maximum atomic E-state index is 13.1. The molecule has 1 aliphatic rings. The fourth-order valence-corrected chi connectivity index (χ4v) is 4.22. The molecule has 0 fully saturated rings. The molecule has 1 aromatic heterocycles. The summed E-state index contributed by atoms with van der Waals surface area (Å²) in [5.74, 6) is 0.601. The Labute approximate surface area is 213 Å². The quantitative estimate of drug-likeness (QED) is 0.422. The van der Waals surface area contributed by atoms with Crippen LogP contribution in [0.25, 0.3) is 5.69 Å². The van der Waals surface area contributed by atoms with Gasteiger partial charge < -0.3 is 20.1 Å². The Bertz CT molecular complexity index is 1540. The van der Waals surface area contributed by atoms with Crippen LogP contribution in [0.2, 0.25) is 0 Å². The van der Waals surface area contributed by atoms with Crippen LogP contribution in [-0.4, -0.2) is 34.4 Å². The van der Waals surface area contributed by atoms with E-state index in [0.717, 1.165) is 5.56 Å². The third-order valence-corrected chi connectivity index (χ3v) is 6.17. The van der Waals surface area contributed by atoms with E-state index in [4.69, 9.17) is 9.47 Å². The number of anilines is 2. The summed E-state index contributed by atoms with van der Waals surface area (Å²) in [6.07, 6.45) is 0.134. The Morgan fingerprint density at radius 3 is 2.43 bits per heavy atom. The third-order valence-electron chi connectivity index (χ3n) is 6.17. The number of fused-ring (bicyclic) bond motifs is 1. The summed E-state index contributed by atoms with van der Waals surface area (Å²) >= 11 is 0. The van der Waals surface area contributed by atoms with Crippen LogP contribution < -0.4 is 25.7 Å². The summed E-state index contributed by atoms with van der Waals surface area (Å²) in [5, 5.41) is 5.57. The number of para-hydroxylation sites is 1. The highest BCUT2D eigenvalue weighted by Gasteiger charge is 2.19. The van der Waals surface area contributed by atoms with Crippen LogP contribution >= 0.6 is 0 Å². The highest BCUT2D eigenvalue weighted by Crippen LogP contribution is 2.31. The number of aromatic nitrogens is 2. The first-order chi connectivity index (χ1) is 17.9. The fourth-order valence-electron chi connectivity index (χ4n) is 4.22. The maximum Gasteiger partial charge on any atom is 0.295 e. The number of hydrogen-bond acceptors (Lipinski definition) is 5. The van der Waals surface area contributed by atoms with Crippen molar-refractivity contribution in [2.45, 2.75) is 13.3 Å². The lowest BCUT2D eigenvalue weighted by Crippen LogP contribution is -2.23. The third kappa shape index (κ3) is 4.97. The van der Waals surface area contributed by atoms with Crippen molar-refractivity contribution in [3.05, 3.63) is 100.0 Å². The number of nitrogens with one attached hydrogen (secondary N) is 2. The van der Waals surface area contributed by atoms with Gasteiger partial charge in [0.1, 0.15) is 18.9 Å². The van der Waals surface area contributed by atoms with Crippen LogP contribution in [0.4, 0.5) is 11.4 Å². The number of nitrogens with zero attached hydrogens (tertiary/aromatic N) is 2. The van der Waals surface area contributed by atoms with Gasteiger partial charge >= 0.3 is 0 Å². The van der Waals surface area contributed by atoms with Crippen LogP contribution in [-0.2, 0) is 18.3 Å².